The molecule has 15 heavy (non-hydrogen) atoms. The molecule has 0 bridgehead atoms. The van der Waals surface area contributed by atoms with Gasteiger partial charge in [-0.1, -0.05) is 26.0 Å². The Bertz CT molecular complexity index is 310. The van der Waals surface area contributed by atoms with Gasteiger partial charge in [-0.25, -0.2) is 0 Å². The number of hydrogen-bond acceptors (Lipinski definition) is 2. The average molecular weight is 319 g/mol. The minimum absolute atomic E-state index is 0.584. The average Bonchev–Trinajstić information content (AvgIpc) is 2.28. The van der Waals surface area contributed by atoms with E-state index in [1.165, 1.54) is 3.57 Å². The third kappa shape index (κ3) is 3.65. The van der Waals surface area contributed by atoms with E-state index < -0.39 is 5.60 Å². The summed E-state index contributed by atoms with van der Waals surface area (Å²) in [6.45, 7) is 4.64. The first-order chi connectivity index (χ1) is 7.11. The van der Waals surface area contributed by atoms with Crippen LogP contribution in [0.25, 0.3) is 0 Å². The molecule has 0 radical (unpaired) electrons. The third-order valence-corrected chi connectivity index (χ3v) is 3.74. The second-order valence-corrected chi connectivity index (χ2v) is 4.93. The van der Waals surface area contributed by atoms with Crippen molar-refractivity contribution in [2.45, 2.75) is 32.3 Å². The molecule has 84 valence electrons. The largest absolute Gasteiger partial charge is 0.388 e. The summed E-state index contributed by atoms with van der Waals surface area (Å²) in [6.07, 6.45) is 1.56. The maximum Gasteiger partial charge on any atom is 0.0814 e. The number of aliphatic hydroxyl groups is 1. The van der Waals surface area contributed by atoms with E-state index in [1.54, 1.807) is 0 Å². The Labute approximate surface area is 105 Å². The highest BCUT2D eigenvalue weighted by atomic mass is 127. The highest BCUT2D eigenvalue weighted by molar-refractivity contribution is 14.1. The molecule has 2 nitrogen and oxygen atoms in total. The molecule has 0 heterocycles. The number of anilines is 1. The molecule has 0 saturated carbocycles. The van der Waals surface area contributed by atoms with Gasteiger partial charge in [0.1, 0.15) is 0 Å². The van der Waals surface area contributed by atoms with Crippen molar-refractivity contribution in [2.24, 2.45) is 0 Å². The number of benzene rings is 1. The van der Waals surface area contributed by atoms with Crippen molar-refractivity contribution in [3.05, 3.63) is 27.8 Å². The molecule has 0 spiro atoms. The van der Waals surface area contributed by atoms with Gasteiger partial charge in [0.15, 0.2) is 0 Å². The van der Waals surface area contributed by atoms with Crippen molar-refractivity contribution >= 4 is 28.3 Å². The van der Waals surface area contributed by atoms with E-state index in [1.807, 2.05) is 32.0 Å². The van der Waals surface area contributed by atoms with Gasteiger partial charge in [0.2, 0.25) is 0 Å². The number of hydrogen-bond donors (Lipinski definition) is 2. The lowest BCUT2D eigenvalue weighted by molar-refractivity contribution is 0.0457. The minimum Gasteiger partial charge on any atom is -0.388 e. The molecular weight excluding hydrogens is 301 g/mol. The van der Waals surface area contributed by atoms with E-state index in [9.17, 15) is 5.11 Å². The van der Waals surface area contributed by atoms with Crippen LogP contribution in [-0.2, 0) is 0 Å². The van der Waals surface area contributed by atoms with E-state index in [0.29, 0.717) is 6.54 Å². The molecule has 3 heteroatoms. The van der Waals surface area contributed by atoms with E-state index in [-0.39, 0.29) is 0 Å². The van der Waals surface area contributed by atoms with Crippen LogP contribution >= 0.6 is 22.6 Å². The first-order valence-corrected chi connectivity index (χ1v) is 6.40. The summed E-state index contributed by atoms with van der Waals surface area (Å²) in [7, 11) is 0. The van der Waals surface area contributed by atoms with Gasteiger partial charge in [-0.15, -0.1) is 0 Å². The maximum atomic E-state index is 10.1. The molecule has 0 amide bonds. The standard InChI is InChI=1S/C12H18INO/c1-3-12(15,4-2)9-14-11-8-6-5-7-10(11)13/h5-8,14-15H,3-4,9H2,1-2H3. The fourth-order valence-corrected chi connectivity index (χ4v) is 1.94. The molecule has 2 N–H and O–H groups in total. The molecule has 0 aliphatic heterocycles. The quantitative estimate of drug-likeness (QED) is 0.817. The maximum absolute atomic E-state index is 10.1. The summed E-state index contributed by atoms with van der Waals surface area (Å²) in [5.41, 5.74) is 0.511. The van der Waals surface area contributed by atoms with E-state index >= 15 is 0 Å². The fraction of sp³-hybridized carbons (Fsp3) is 0.500. The zero-order valence-electron chi connectivity index (χ0n) is 9.26. The minimum atomic E-state index is -0.584. The lowest BCUT2D eigenvalue weighted by atomic mass is 9.97. The summed E-state index contributed by atoms with van der Waals surface area (Å²) in [6, 6.07) is 8.10. The molecule has 1 aromatic carbocycles. The molecule has 1 rings (SSSR count). The van der Waals surface area contributed by atoms with Crippen LogP contribution in [-0.4, -0.2) is 17.3 Å². The van der Waals surface area contributed by atoms with Crippen LogP contribution in [0.1, 0.15) is 26.7 Å². The molecule has 0 saturated heterocycles. The van der Waals surface area contributed by atoms with Gasteiger partial charge in [0.25, 0.3) is 0 Å². The summed E-state index contributed by atoms with van der Waals surface area (Å²) in [4.78, 5) is 0. The van der Waals surface area contributed by atoms with Gasteiger partial charge in [-0.3, -0.25) is 0 Å². The molecular formula is C12H18INO. The van der Waals surface area contributed by atoms with Gasteiger partial charge in [0.05, 0.1) is 5.60 Å². The van der Waals surface area contributed by atoms with Gasteiger partial charge in [0, 0.05) is 15.8 Å². The number of para-hydroxylation sites is 1. The predicted molar refractivity (Wildman–Crippen MR) is 73.2 cm³/mol. The van der Waals surface area contributed by atoms with Gasteiger partial charge < -0.3 is 10.4 Å². The molecule has 0 atom stereocenters. The van der Waals surface area contributed by atoms with Gasteiger partial charge in [-0.05, 0) is 47.6 Å². The Morgan fingerprint density at radius 1 is 1.27 bits per heavy atom. The second-order valence-electron chi connectivity index (χ2n) is 3.76. The third-order valence-electron chi connectivity index (χ3n) is 2.80. The molecule has 0 aliphatic rings. The highest BCUT2D eigenvalue weighted by Gasteiger charge is 2.21. The van der Waals surface area contributed by atoms with Crippen LogP contribution < -0.4 is 5.32 Å². The smallest absolute Gasteiger partial charge is 0.0814 e. The van der Waals surface area contributed by atoms with Crippen molar-refractivity contribution in [3.63, 3.8) is 0 Å². The summed E-state index contributed by atoms with van der Waals surface area (Å²) in [5.74, 6) is 0. The van der Waals surface area contributed by atoms with Gasteiger partial charge in [-0.2, -0.15) is 0 Å². The SMILES string of the molecule is CCC(O)(CC)CNc1ccccc1I. The lowest BCUT2D eigenvalue weighted by Crippen LogP contribution is -2.35. The van der Waals surface area contributed by atoms with Crippen LogP contribution in [0.3, 0.4) is 0 Å². The van der Waals surface area contributed by atoms with E-state index in [4.69, 9.17) is 0 Å². The Hall–Kier alpha value is -0.290. The number of halogens is 1. The van der Waals surface area contributed by atoms with Crippen molar-refractivity contribution in [1.29, 1.82) is 0 Å². The molecule has 0 aliphatic carbocycles. The summed E-state index contributed by atoms with van der Waals surface area (Å²) in [5, 5.41) is 13.4. The van der Waals surface area contributed by atoms with Crippen LogP contribution in [0, 0.1) is 3.57 Å². The molecule has 0 fully saturated rings. The molecule has 0 aromatic heterocycles. The number of rotatable bonds is 5. The van der Waals surface area contributed by atoms with Crippen LogP contribution in [0.15, 0.2) is 24.3 Å². The zero-order chi connectivity index (χ0) is 11.3. The highest BCUT2D eigenvalue weighted by Crippen LogP contribution is 2.20. The monoisotopic (exact) mass is 319 g/mol. The van der Waals surface area contributed by atoms with E-state index in [0.717, 1.165) is 18.5 Å². The van der Waals surface area contributed by atoms with Crippen LogP contribution in [0.4, 0.5) is 5.69 Å². The fourth-order valence-electron chi connectivity index (χ4n) is 1.36. The molecule has 1 aromatic rings. The van der Waals surface area contributed by atoms with Crippen molar-refractivity contribution in [2.75, 3.05) is 11.9 Å². The second kappa shape index (κ2) is 5.70. The van der Waals surface area contributed by atoms with Gasteiger partial charge >= 0.3 is 0 Å². The summed E-state index contributed by atoms with van der Waals surface area (Å²) < 4.78 is 1.18. The summed E-state index contributed by atoms with van der Waals surface area (Å²) >= 11 is 2.29. The normalized spacial score (nSPS) is 11.5. The first-order valence-electron chi connectivity index (χ1n) is 5.32. The van der Waals surface area contributed by atoms with Crippen molar-refractivity contribution in [1.82, 2.24) is 0 Å². The zero-order valence-corrected chi connectivity index (χ0v) is 11.4. The first kappa shape index (κ1) is 12.8. The van der Waals surface area contributed by atoms with Crippen LogP contribution in [0.5, 0.6) is 0 Å². The Morgan fingerprint density at radius 3 is 2.40 bits per heavy atom. The Balaban J connectivity index is 2.61. The predicted octanol–water partition coefficient (Wildman–Crippen LogP) is 3.25. The van der Waals surface area contributed by atoms with E-state index in [2.05, 4.69) is 34.0 Å². The Kier molecular flexibility index (Phi) is 4.86. The molecule has 0 unspecified atom stereocenters. The van der Waals surface area contributed by atoms with Crippen LogP contribution in [0.2, 0.25) is 0 Å². The lowest BCUT2D eigenvalue weighted by Gasteiger charge is -2.26. The Morgan fingerprint density at radius 2 is 1.87 bits per heavy atom. The van der Waals surface area contributed by atoms with Crippen molar-refractivity contribution in [3.8, 4) is 0 Å². The number of nitrogens with one attached hydrogen (secondary N) is 1. The topological polar surface area (TPSA) is 32.3 Å². The van der Waals surface area contributed by atoms with Crippen molar-refractivity contribution < 1.29 is 5.11 Å².